The Hall–Kier alpha value is -2.15. The number of aliphatic carboxylic acids is 1. The second-order valence-electron chi connectivity index (χ2n) is 3.69. The number of carbonyl (C=O) groups is 2. The summed E-state index contributed by atoms with van der Waals surface area (Å²) in [5, 5.41) is 22.0. The molecule has 0 aliphatic carbocycles. The molecule has 8 heteroatoms. The molecule has 0 aliphatic heterocycles. The summed E-state index contributed by atoms with van der Waals surface area (Å²) in [4.78, 5) is 32.7. The van der Waals surface area contributed by atoms with Crippen molar-refractivity contribution >= 4 is 29.2 Å². The van der Waals surface area contributed by atoms with E-state index in [4.69, 9.17) is 16.7 Å². The van der Waals surface area contributed by atoms with E-state index in [1.54, 1.807) is 6.92 Å². The number of rotatable bonds is 5. The van der Waals surface area contributed by atoms with Crippen LogP contribution >= 0.6 is 11.6 Å². The minimum Gasteiger partial charge on any atom is -0.480 e. The van der Waals surface area contributed by atoms with E-state index in [-0.39, 0.29) is 17.0 Å². The molecule has 2 N–H and O–H groups in total. The molecule has 102 valence electrons. The number of halogens is 1. The van der Waals surface area contributed by atoms with Gasteiger partial charge in [0.05, 0.1) is 4.92 Å². The van der Waals surface area contributed by atoms with Gasteiger partial charge in [0.15, 0.2) is 0 Å². The fourth-order valence-electron chi connectivity index (χ4n) is 1.42. The molecule has 1 aromatic rings. The molecule has 0 saturated heterocycles. The highest BCUT2D eigenvalue weighted by Crippen LogP contribution is 2.22. The van der Waals surface area contributed by atoms with Gasteiger partial charge in [-0.2, -0.15) is 0 Å². The van der Waals surface area contributed by atoms with Crippen LogP contribution in [-0.2, 0) is 4.79 Å². The molecule has 0 aromatic heterocycles. The third-order valence-electron chi connectivity index (χ3n) is 2.41. The lowest BCUT2D eigenvalue weighted by Gasteiger charge is -2.12. The van der Waals surface area contributed by atoms with Crippen LogP contribution in [0, 0.1) is 10.1 Å². The minimum absolute atomic E-state index is 0.152. The summed E-state index contributed by atoms with van der Waals surface area (Å²) in [5.41, 5.74) is -0.695. The van der Waals surface area contributed by atoms with Crippen molar-refractivity contribution < 1.29 is 19.6 Å². The van der Waals surface area contributed by atoms with Gasteiger partial charge < -0.3 is 10.4 Å². The van der Waals surface area contributed by atoms with Crippen molar-refractivity contribution in [3.63, 3.8) is 0 Å². The summed E-state index contributed by atoms with van der Waals surface area (Å²) >= 11 is 5.68. The lowest BCUT2D eigenvalue weighted by Crippen LogP contribution is -2.40. The van der Waals surface area contributed by atoms with Crippen LogP contribution in [-0.4, -0.2) is 27.9 Å². The lowest BCUT2D eigenvalue weighted by molar-refractivity contribution is -0.385. The van der Waals surface area contributed by atoms with E-state index in [1.807, 2.05) is 0 Å². The Morgan fingerprint density at radius 1 is 1.53 bits per heavy atom. The van der Waals surface area contributed by atoms with Crippen molar-refractivity contribution in [2.24, 2.45) is 0 Å². The average molecular weight is 287 g/mol. The first-order chi connectivity index (χ1) is 8.86. The number of amides is 1. The highest BCUT2D eigenvalue weighted by molar-refractivity contribution is 6.31. The summed E-state index contributed by atoms with van der Waals surface area (Å²) < 4.78 is 0. The molecule has 7 nitrogen and oxygen atoms in total. The molecule has 1 amide bonds. The molecule has 19 heavy (non-hydrogen) atoms. The molecule has 0 unspecified atom stereocenters. The third kappa shape index (κ3) is 3.65. The number of nitrogens with one attached hydrogen (secondary N) is 1. The first-order valence-corrected chi connectivity index (χ1v) is 5.72. The summed E-state index contributed by atoms with van der Waals surface area (Å²) in [6, 6.07) is 2.40. The van der Waals surface area contributed by atoms with E-state index in [0.29, 0.717) is 0 Å². The molecule has 0 aliphatic rings. The number of carbonyl (C=O) groups excluding carboxylic acids is 1. The number of hydrogen-bond acceptors (Lipinski definition) is 4. The van der Waals surface area contributed by atoms with E-state index in [0.717, 1.165) is 12.1 Å². The van der Waals surface area contributed by atoms with Gasteiger partial charge in [0.2, 0.25) is 0 Å². The second-order valence-corrected chi connectivity index (χ2v) is 4.13. The van der Waals surface area contributed by atoms with Crippen LogP contribution in [0.25, 0.3) is 0 Å². The average Bonchev–Trinajstić information content (AvgIpc) is 2.34. The van der Waals surface area contributed by atoms with E-state index >= 15 is 0 Å². The molecule has 1 rings (SSSR count). The van der Waals surface area contributed by atoms with Crippen molar-refractivity contribution in [1.29, 1.82) is 0 Å². The predicted molar refractivity (Wildman–Crippen MR) is 67.3 cm³/mol. The highest BCUT2D eigenvalue weighted by atomic mass is 35.5. The smallest absolute Gasteiger partial charge is 0.326 e. The van der Waals surface area contributed by atoms with E-state index in [9.17, 15) is 19.7 Å². The number of carboxylic acid groups (broad SMARTS) is 1. The zero-order valence-corrected chi connectivity index (χ0v) is 10.7. The molecule has 1 atom stereocenters. The molecule has 0 spiro atoms. The van der Waals surface area contributed by atoms with Crippen molar-refractivity contribution in [2.75, 3.05) is 0 Å². The van der Waals surface area contributed by atoms with Crippen LogP contribution in [0.15, 0.2) is 18.2 Å². The summed E-state index contributed by atoms with van der Waals surface area (Å²) in [6.45, 7) is 1.57. The topological polar surface area (TPSA) is 110 Å². The van der Waals surface area contributed by atoms with Crippen LogP contribution in [0.2, 0.25) is 5.02 Å². The molecule has 0 saturated carbocycles. The van der Waals surface area contributed by atoms with Gasteiger partial charge >= 0.3 is 5.97 Å². The fourth-order valence-corrected chi connectivity index (χ4v) is 1.60. The maximum atomic E-state index is 11.9. The summed E-state index contributed by atoms with van der Waals surface area (Å²) in [5.74, 6) is -2.05. The molecule has 0 bridgehead atoms. The zero-order chi connectivity index (χ0) is 14.6. The molecule has 0 radical (unpaired) electrons. The minimum atomic E-state index is -1.21. The monoisotopic (exact) mass is 286 g/mol. The summed E-state index contributed by atoms with van der Waals surface area (Å²) in [7, 11) is 0. The standard InChI is InChI=1S/C11H11ClN2O5/c1-2-8(11(16)17)13-10(15)7-5-6(12)3-4-9(7)14(18)19/h3-5,8H,2H2,1H3,(H,13,15)(H,16,17)/t8-/m1/s1. The summed E-state index contributed by atoms with van der Waals surface area (Å²) in [6.07, 6.45) is 0.162. The third-order valence-corrected chi connectivity index (χ3v) is 2.65. The number of nitro groups is 1. The normalized spacial score (nSPS) is 11.7. The van der Waals surface area contributed by atoms with E-state index < -0.39 is 28.5 Å². The Balaban J connectivity index is 3.08. The largest absolute Gasteiger partial charge is 0.480 e. The molecule has 1 aromatic carbocycles. The van der Waals surface area contributed by atoms with Crippen molar-refractivity contribution in [3.8, 4) is 0 Å². The van der Waals surface area contributed by atoms with Gasteiger partial charge in [-0.15, -0.1) is 0 Å². The van der Waals surface area contributed by atoms with Crippen LogP contribution < -0.4 is 5.32 Å². The number of benzene rings is 1. The second kappa shape index (κ2) is 6.14. The fraction of sp³-hybridized carbons (Fsp3) is 0.273. The number of nitro benzene ring substituents is 1. The van der Waals surface area contributed by atoms with Gasteiger partial charge in [0.25, 0.3) is 11.6 Å². The van der Waals surface area contributed by atoms with Gasteiger partial charge in [-0.3, -0.25) is 14.9 Å². The molecular weight excluding hydrogens is 276 g/mol. The van der Waals surface area contributed by atoms with E-state index in [2.05, 4.69) is 5.32 Å². The predicted octanol–water partition coefficient (Wildman–Crippen LogP) is 1.84. The van der Waals surface area contributed by atoms with Crippen LogP contribution in [0.3, 0.4) is 0 Å². The van der Waals surface area contributed by atoms with Crippen LogP contribution in [0.1, 0.15) is 23.7 Å². The Bertz CT molecular complexity index is 532. The zero-order valence-electron chi connectivity index (χ0n) is 9.92. The number of carboxylic acids is 1. The SMILES string of the molecule is CC[C@@H](NC(=O)c1cc(Cl)ccc1[N+](=O)[O-])C(=O)O. The van der Waals surface area contributed by atoms with Crippen LogP contribution in [0.4, 0.5) is 5.69 Å². The molecular formula is C11H11ClN2O5. The Morgan fingerprint density at radius 2 is 2.16 bits per heavy atom. The first kappa shape index (κ1) is 14.9. The first-order valence-electron chi connectivity index (χ1n) is 5.34. The number of nitrogens with zero attached hydrogens (tertiary/aromatic N) is 1. The Kier molecular flexibility index (Phi) is 4.82. The van der Waals surface area contributed by atoms with Crippen molar-refractivity contribution in [3.05, 3.63) is 38.9 Å². The van der Waals surface area contributed by atoms with Crippen LogP contribution in [0.5, 0.6) is 0 Å². The molecule has 0 heterocycles. The van der Waals surface area contributed by atoms with Crippen molar-refractivity contribution in [2.45, 2.75) is 19.4 Å². The molecule has 0 fully saturated rings. The quantitative estimate of drug-likeness (QED) is 0.634. The van der Waals surface area contributed by atoms with Gasteiger partial charge in [-0.25, -0.2) is 4.79 Å². The Labute approximate surface area is 113 Å². The van der Waals surface area contributed by atoms with E-state index in [1.165, 1.54) is 6.07 Å². The van der Waals surface area contributed by atoms with Gasteiger partial charge in [0.1, 0.15) is 11.6 Å². The maximum Gasteiger partial charge on any atom is 0.326 e. The number of hydrogen-bond donors (Lipinski definition) is 2. The highest BCUT2D eigenvalue weighted by Gasteiger charge is 2.24. The lowest BCUT2D eigenvalue weighted by atomic mass is 10.1. The van der Waals surface area contributed by atoms with Gasteiger partial charge in [-0.05, 0) is 18.6 Å². The van der Waals surface area contributed by atoms with Crippen molar-refractivity contribution in [1.82, 2.24) is 5.32 Å². The van der Waals surface area contributed by atoms with Gasteiger partial charge in [0, 0.05) is 11.1 Å². The Morgan fingerprint density at radius 3 is 2.63 bits per heavy atom. The maximum absolute atomic E-state index is 11.9. The van der Waals surface area contributed by atoms with Gasteiger partial charge in [-0.1, -0.05) is 18.5 Å².